The molecule has 0 unspecified atom stereocenters. The topological polar surface area (TPSA) is 90.4 Å². The van der Waals surface area contributed by atoms with Crippen molar-refractivity contribution in [3.63, 3.8) is 0 Å². The van der Waals surface area contributed by atoms with Crippen molar-refractivity contribution < 1.29 is 18.3 Å². The normalized spacial score (nSPS) is 12.3. The zero-order chi connectivity index (χ0) is 23.9. The number of nitrogens with two attached hydrogens (primary N) is 1. The molecule has 33 heavy (non-hydrogen) atoms. The van der Waals surface area contributed by atoms with E-state index in [1.54, 1.807) is 25.5 Å². The highest BCUT2D eigenvalue weighted by Gasteiger charge is 2.23. The van der Waals surface area contributed by atoms with Crippen molar-refractivity contribution in [2.24, 2.45) is 0 Å². The molecule has 4 rings (SSSR count). The number of fused-ring (bicyclic) bond motifs is 1. The lowest BCUT2D eigenvalue weighted by Crippen LogP contribution is -2.29. The van der Waals surface area contributed by atoms with Gasteiger partial charge >= 0.3 is 0 Å². The number of aromatic nitrogens is 1. The molecule has 0 spiro atoms. The van der Waals surface area contributed by atoms with Gasteiger partial charge < -0.3 is 20.2 Å². The number of nitrogens with zero attached hydrogens (tertiary/aromatic N) is 1. The van der Waals surface area contributed by atoms with Gasteiger partial charge in [-0.2, -0.15) is 0 Å². The van der Waals surface area contributed by atoms with Gasteiger partial charge in [0.25, 0.3) is 5.91 Å². The standard InChI is InChI=1S/C23H20Cl2FN3O3S/c1-10(2)29-23(30)17-6-12(9-33-17)14-8-31-20-13(14)7-28-22(27)21(20)32-11(3)18-15(24)4-5-16(26)19(18)25/h4-11H,1-3H3,(H2,27,28)(H,29,30)/t11-/m1/s1. The second-order valence-corrected chi connectivity index (χ2v) is 9.41. The first-order valence-electron chi connectivity index (χ1n) is 10.0. The SMILES string of the molecule is CC(C)NC(=O)c1cc(-c2coc3c(O[C@H](C)c4c(Cl)ccc(F)c4Cl)c(N)ncc23)cs1. The van der Waals surface area contributed by atoms with Crippen LogP contribution in [-0.2, 0) is 0 Å². The predicted molar refractivity (Wildman–Crippen MR) is 130 cm³/mol. The summed E-state index contributed by atoms with van der Waals surface area (Å²) in [5, 5.41) is 5.52. The van der Waals surface area contributed by atoms with Crippen LogP contribution in [0.25, 0.3) is 22.1 Å². The molecule has 3 N–H and O–H groups in total. The van der Waals surface area contributed by atoms with E-state index in [0.29, 0.717) is 21.4 Å². The van der Waals surface area contributed by atoms with Crippen LogP contribution in [0.5, 0.6) is 5.75 Å². The van der Waals surface area contributed by atoms with Crippen molar-refractivity contribution in [3.8, 4) is 16.9 Å². The van der Waals surface area contributed by atoms with Crippen molar-refractivity contribution in [2.45, 2.75) is 32.9 Å². The van der Waals surface area contributed by atoms with Crippen LogP contribution < -0.4 is 15.8 Å². The van der Waals surface area contributed by atoms with Gasteiger partial charge in [0.05, 0.1) is 21.5 Å². The van der Waals surface area contributed by atoms with E-state index in [2.05, 4.69) is 10.3 Å². The molecule has 0 saturated carbocycles. The van der Waals surface area contributed by atoms with Crippen molar-refractivity contribution in [2.75, 3.05) is 5.73 Å². The molecule has 1 atom stereocenters. The molecule has 6 nitrogen and oxygen atoms in total. The Kier molecular flexibility index (Phi) is 6.52. The molecular formula is C23H20Cl2FN3O3S. The van der Waals surface area contributed by atoms with Gasteiger partial charge in [0.1, 0.15) is 11.9 Å². The van der Waals surface area contributed by atoms with Crippen LogP contribution in [0.2, 0.25) is 10.0 Å². The van der Waals surface area contributed by atoms with Gasteiger partial charge in [-0.15, -0.1) is 11.3 Å². The third-order valence-corrected chi connectivity index (χ3v) is 6.58. The van der Waals surface area contributed by atoms with E-state index in [1.807, 2.05) is 19.2 Å². The molecule has 0 saturated heterocycles. The first kappa shape index (κ1) is 23.4. The molecule has 0 fully saturated rings. The Morgan fingerprint density at radius 3 is 2.79 bits per heavy atom. The molecule has 0 aliphatic rings. The molecule has 3 aromatic heterocycles. The maximum atomic E-state index is 14.0. The number of furan rings is 1. The molecule has 1 aromatic carbocycles. The number of hydrogen-bond donors (Lipinski definition) is 2. The number of amides is 1. The molecule has 0 radical (unpaired) electrons. The fraction of sp³-hybridized carbons (Fsp3) is 0.217. The molecule has 0 aliphatic carbocycles. The Hall–Kier alpha value is -2.81. The number of anilines is 1. The summed E-state index contributed by atoms with van der Waals surface area (Å²) in [5.74, 6) is -0.458. The number of pyridine rings is 1. The molecule has 0 bridgehead atoms. The number of nitrogens with one attached hydrogen (secondary N) is 1. The van der Waals surface area contributed by atoms with Gasteiger partial charge in [0.15, 0.2) is 11.4 Å². The fourth-order valence-electron chi connectivity index (χ4n) is 3.40. The van der Waals surface area contributed by atoms with Crippen molar-refractivity contribution >= 4 is 57.2 Å². The minimum absolute atomic E-state index is 0.0340. The Balaban J connectivity index is 1.70. The lowest BCUT2D eigenvalue weighted by molar-refractivity contribution is 0.0947. The summed E-state index contributed by atoms with van der Waals surface area (Å²) in [4.78, 5) is 17.1. The summed E-state index contributed by atoms with van der Waals surface area (Å²) >= 11 is 13.7. The van der Waals surface area contributed by atoms with Gasteiger partial charge in [-0.25, -0.2) is 9.37 Å². The van der Waals surface area contributed by atoms with Crippen LogP contribution >= 0.6 is 34.5 Å². The van der Waals surface area contributed by atoms with Gasteiger partial charge in [-0.05, 0) is 49.9 Å². The fourth-order valence-corrected chi connectivity index (χ4v) is 4.89. The van der Waals surface area contributed by atoms with E-state index in [1.165, 1.54) is 23.5 Å². The van der Waals surface area contributed by atoms with Crippen molar-refractivity contribution in [1.82, 2.24) is 10.3 Å². The molecule has 10 heteroatoms. The zero-order valence-corrected chi connectivity index (χ0v) is 20.2. The first-order chi connectivity index (χ1) is 15.7. The van der Waals surface area contributed by atoms with Gasteiger partial charge in [0, 0.05) is 28.4 Å². The second kappa shape index (κ2) is 9.21. The zero-order valence-electron chi connectivity index (χ0n) is 17.9. The Morgan fingerprint density at radius 2 is 2.06 bits per heavy atom. The molecule has 172 valence electrons. The number of rotatable bonds is 6. The van der Waals surface area contributed by atoms with Gasteiger partial charge in [0.2, 0.25) is 5.75 Å². The molecule has 1 amide bonds. The summed E-state index contributed by atoms with van der Waals surface area (Å²) in [6.45, 7) is 5.48. The number of hydrogen-bond acceptors (Lipinski definition) is 6. The predicted octanol–water partition coefficient (Wildman–Crippen LogP) is 6.86. The lowest BCUT2D eigenvalue weighted by Gasteiger charge is -2.18. The number of thiophene rings is 1. The average molecular weight is 508 g/mol. The van der Waals surface area contributed by atoms with Gasteiger partial charge in [-0.3, -0.25) is 4.79 Å². The quantitative estimate of drug-likeness (QED) is 0.278. The summed E-state index contributed by atoms with van der Waals surface area (Å²) in [5.41, 5.74) is 8.26. The van der Waals surface area contributed by atoms with E-state index < -0.39 is 11.9 Å². The molecule has 4 aromatic rings. The Labute approximate surface area is 203 Å². The first-order valence-corrected chi connectivity index (χ1v) is 11.7. The molecule has 0 aliphatic heterocycles. The number of ether oxygens (including phenoxy) is 1. The number of benzene rings is 1. The van der Waals surface area contributed by atoms with Crippen molar-refractivity contribution in [1.29, 1.82) is 0 Å². The maximum absolute atomic E-state index is 14.0. The van der Waals surface area contributed by atoms with E-state index in [-0.39, 0.29) is 33.6 Å². The monoisotopic (exact) mass is 507 g/mol. The highest BCUT2D eigenvalue weighted by Crippen LogP contribution is 2.42. The van der Waals surface area contributed by atoms with Gasteiger partial charge in [-0.1, -0.05) is 23.2 Å². The second-order valence-electron chi connectivity index (χ2n) is 7.71. The molecule has 3 heterocycles. The third kappa shape index (κ3) is 4.51. The summed E-state index contributed by atoms with van der Waals surface area (Å²) < 4.78 is 25.8. The number of carbonyl (C=O) groups is 1. The number of nitrogen functional groups attached to an aromatic ring is 1. The van der Waals surface area contributed by atoms with Crippen LogP contribution in [-0.4, -0.2) is 16.9 Å². The van der Waals surface area contributed by atoms with E-state index >= 15 is 0 Å². The highest BCUT2D eigenvalue weighted by atomic mass is 35.5. The van der Waals surface area contributed by atoms with Crippen LogP contribution in [0, 0.1) is 5.82 Å². The van der Waals surface area contributed by atoms with E-state index in [9.17, 15) is 9.18 Å². The summed E-state index contributed by atoms with van der Waals surface area (Å²) in [6, 6.07) is 4.42. The van der Waals surface area contributed by atoms with E-state index in [4.69, 9.17) is 38.1 Å². The van der Waals surface area contributed by atoms with Crippen LogP contribution in [0.15, 0.2) is 40.5 Å². The maximum Gasteiger partial charge on any atom is 0.261 e. The average Bonchev–Trinajstić information content (AvgIpc) is 3.40. The van der Waals surface area contributed by atoms with Crippen LogP contribution in [0.3, 0.4) is 0 Å². The van der Waals surface area contributed by atoms with Crippen LogP contribution in [0.1, 0.15) is 42.1 Å². The minimum Gasteiger partial charge on any atom is -0.478 e. The van der Waals surface area contributed by atoms with Crippen LogP contribution in [0.4, 0.5) is 10.2 Å². The Bertz CT molecular complexity index is 1350. The Morgan fingerprint density at radius 1 is 1.30 bits per heavy atom. The largest absolute Gasteiger partial charge is 0.478 e. The third-order valence-electron chi connectivity index (χ3n) is 4.94. The summed E-state index contributed by atoms with van der Waals surface area (Å²) in [7, 11) is 0. The number of carbonyl (C=O) groups excluding carboxylic acids is 1. The van der Waals surface area contributed by atoms with Crippen molar-refractivity contribution in [3.05, 3.63) is 62.3 Å². The molecular weight excluding hydrogens is 488 g/mol. The lowest BCUT2D eigenvalue weighted by atomic mass is 10.1. The minimum atomic E-state index is -0.739. The highest BCUT2D eigenvalue weighted by molar-refractivity contribution is 7.12. The smallest absolute Gasteiger partial charge is 0.261 e. The number of halogens is 3. The summed E-state index contributed by atoms with van der Waals surface area (Å²) in [6.07, 6.45) is 2.39. The van der Waals surface area contributed by atoms with E-state index in [0.717, 1.165) is 11.1 Å².